The average molecular weight is 241 g/mol. The van der Waals surface area contributed by atoms with E-state index in [-0.39, 0.29) is 0 Å². The Bertz CT molecular complexity index is 539. The summed E-state index contributed by atoms with van der Waals surface area (Å²) in [7, 11) is 0. The summed E-state index contributed by atoms with van der Waals surface area (Å²) in [6.45, 7) is 3.36. The van der Waals surface area contributed by atoms with E-state index in [1.807, 2.05) is 18.3 Å². The van der Waals surface area contributed by atoms with E-state index in [0.717, 1.165) is 23.1 Å². The zero-order valence-corrected chi connectivity index (χ0v) is 10.8. The molecule has 1 aliphatic rings. The van der Waals surface area contributed by atoms with Crippen molar-refractivity contribution in [3.63, 3.8) is 0 Å². The molecule has 0 saturated heterocycles. The Morgan fingerprint density at radius 1 is 1.22 bits per heavy atom. The molecule has 1 aliphatic carbocycles. The number of nitrogens with zero attached hydrogens (tertiary/aromatic N) is 2. The molecule has 1 saturated carbocycles. The van der Waals surface area contributed by atoms with Gasteiger partial charge in [-0.05, 0) is 18.3 Å². The van der Waals surface area contributed by atoms with Gasteiger partial charge in [0.15, 0.2) is 5.82 Å². The molecular weight excluding hydrogens is 222 g/mol. The Morgan fingerprint density at radius 3 is 2.83 bits per heavy atom. The number of nitrogens with one attached hydrogen (secondary N) is 1. The highest BCUT2D eigenvalue weighted by atomic mass is 15.2. The lowest BCUT2D eigenvalue weighted by atomic mass is 9.89. The van der Waals surface area contributed by atoms with Gasteiger partial charge in [-0.3, -0.25) is 0 Å². The molecule has 18 heavy (non-hydrogen) atoms. The number of hydrogen-bond donors (Lipinski definition) is 1. The zero-order chi connectivity index (χ0) is 12.4. The monoisotopic (exact) mass is 241 g/mol. The quantitative estimate of drug-likeness (QED) is 0.891. The molecule has 3 heteroatoms. The van der Waals surface area contributed by atoms with Crippen LogP contribution in [0.4, 0.5) is 5.82 Å². The van der Waals surface area contributed by atoms with Crippen LogP contribution in [0, 0.1) is 5.41 Å². The molecule has 0 radical (unpaired) electrons. The first-order valence-corrected chi connectivity index (χ1v) is 6.71. The number of fused-ring (bicyclic) bond motifs is 1. The molecule has 3 nitrogen and oxygen atoms in total. The predicted octanol–water partition coefficient (Wildman–Crippen LogP) is 3.62. The van der Waals surface area contributed by atoms with E-state index in [1.165, 1.54) is 25.7 Å². The topological polar surface area (TPSA) is 37.8 Å². The van der Waals surface area contributed by atoms with Crippen molar-refractivity contribution in [2.45, 2.75) is 32.6 Å². The lowest BCUT2D eigenvalue weighted by Crippen LogP contribution is -2.23. The van der Waals surface area contributed by atoms with E-state index in [1.54, 1.807) is 0 Å². The predicted molar refractivity (Wildman–Crippen MR) is 74.6 cm³/mol. The minimum Gasteiger partial charge on any atom is -0.368 e. The van der Waals surface area contributed by atoms with Crippen LogP contribution in [-0.2, 0) is 0 Å². The molecule has 0 spiro atoms. The number of aromatic nitrogens is 2. The minimum absolute atomic E-state index is 0.429. The highest BCUT2D eigenvalue weighted by Gasteiger charge is 2.28. The second-order valence-electron chi connectivity index (χ2n) is 5.65. The molecule has 0 bridgehead atoms. The van der Waals surface area contributed by atoms with Gasteiger partial charge < -0.3 is 5.32 Å². The minimum atomic E-state index is 0.429. The van der Waals surface area contributed by atoms with Crippen molar-refractivity contribution in [3.05, 3.63) is 30.5 Å². The van der Waals surface area contributed by atoms with Crippen LogP contribution < -0.4 is 5.32 Å². The SMILES string of the molecule is CC1(CNc2nncc3ccccc23)CCCC1. The summed E-state index contributed by atoms with van der Waals surface area (Å²) in [5, 5.41) is 14.1. The average Bonchev–Trinajstić information content (AvgIpc) is 2.84. The van der Waals surface area contributed by atoms with Crippen molar-refractivity contribution in [1.29, 1.82) is 0 Å². The molecule has 1 heterocycles. The first-order valence-electron chi connectivity index (χ1n) is 6.71. The van der Waals surface area contributed by atoms with Crippen molar-refractivity contribution in [1.82, 2.24) is 10.2 Å². The van der Waals surface area contributed by atoms with Crippen molar-refractivity contribution in [2.75, 3.05) is 11.9 Å². The molecule has 0 atom stereocenters. The van der Waals surface area contributed by atoms with Crippen LogP contribution in [0.25, 0.3) is 10.8 Å². The van der Waals surface area contributed by atoms with Crippen molar-refractivity contribution in [2.24, 2.45) is 5.41 Å². The van der Waals surface area contributed by atoms with Gasteiger partial charge in [-0.1, -0.05) is 44.0 Å². The Balaban J connectivity index is 1.82. The number of benzene rings is 1. The Hall–Kier alpha value is -1.64. The zero-order valence-electron chi connectivity index (χ0n) is 10.8. The van der Waals surface area contributed by atoms with Crippen LogP contribution in [0.3, 0.4) is 0 Å². The second kappa shape index (κ2) is 4.56. The molecule has 1 fully saturated rings. The summed E-state index contributed by atoms with van der Waals surface area (Å²) >= 11 is 0. The molecule has 0 aliphatic heterocycles. The third kappa shape index (κ3) is 2.17. The molecule has 0 amide bonds. The standard InChI is InChI=1S/C15H19N3/c1-15(8-4-5-9-15)11-16-14-13-7-3-2-6-12(13)10-17-18-14/h2-3,6-7,10H,4-5,8-9,11H2,1H3,(H,16,18). The molecule has 1 N–H and O–H groups in total. The van der Waals surface area contributed by atoms with E-state index in [0.29, 0.717) is 5.41 Å². The second-order valence-corrected chi connectivity index (χ2v) is 5.65. The number of anilines is 1. The van der Waals surface area contributed by atoms with E-state index < -0.39 is 0 Å². The Labute approximate surface area is 108 Å². The highest BCUT2D eigenvalue weighted by Crippen LogP contribution is 2.37. The van der Waals surface area contributed by atoms with Gasteiger partial charge in [0.2, 0.25) is 0 Å². The first-order chi connectivity index (χ1) is 8.77. The van der Waals surface area contributed by atoms with Crippen LogP contribution in [0.5, 0.6) is 0 Å². The van der Waals surface area contributed by atoms with Gasteiger partial charge in [0.25, 0.3) is 0 Å². The summed E-state index contributed by atoms with van der Waals surface area (Å²) in [6, 6.07) is 8.26. The number of hydrogen-bond acceptors (Lipinski definition) is 3. The van der Waals surface area contributed by atoms with Gasteiger partial charge in [-0.25, -0.2) is 0 Å². The summed E-state index contributed by atoms with van der Waals surface area (Å²) in [5.74, 6) is 0.918. The molecule has 1 aromatic heterocycles. The third-order valence-corrected chi connectivity index (χ3v) is 4.06. The van der Waals surface area contributed by atoms with Gasteiger partial charge >= 0.3 is 0 Å². The normalized spacial score (nSPS) is 18.1. The van der Waals surface area contributed by atoms with Gasteiger partial charge in [0.05, 0.1) is 6.20 Å². The summed E-state index contributed by atoms with van der Waals surface area (Å²) < 4.78 is 0. The van der Waals surface area contributed by atoms with Crippen molar-refractivity contribution in [3.8, 4) is 0 Å². The van der Waals surface area contributed by atoms with Gasteiger partial charge in [-0.15, -0.1) is 5.10 Å². The molecular formula is C15H19N3. The third-order valence-electron chi connectivity index (χ3n) is 4.06. The van der Waals surface area contributed by atoms with Gasteiger partial charge in [-0.2, -0.15) is 5.10 Å². The van der Waals surface area contributed by atoms with Crippen LogP contribution >= 0.6 is 0 Å². The van der Waals surface area contributed by atoms with Gasteiger partial charge in [0, 0.05) is 17.3 Å². The molecule has 0 unspecified atom stereocenters. The highest BCUT2D eigenvalue weighted by molar-refractivity contribution is 5.90. The fourth-order valence-corrected chi connectivity index (χ4v) is 2.86. The first kappa shape index (κ1) is 11.5. The Kier molecular flexibility index (Phi) is 2.90. The smallest absolute Gasteiger partial charge is 0.156 e. The molecule has 2 aromatic rings. The van der Waals surface area contributed by atoms with Crippen LogP contribution in [-0.4, -0.2) is 16.7 Å². The lowest BCUT2D eigenvalue weighted by Gasteiger charge is -2.24. The fourth-order valence-electron chi connectivity index (χ4n) is 2.86. The van der Waals surface area contributed by atoms with Crippen LogP contribution in [0.15, 0.2) is 30.5 Å². The molecule has 3 rings (SSSR count). The van der Waals surface area contributed by atoms with Crippen molar-refractivity contribution < 1.29 is 0 Å². The van der Waals surface area contributed by atoms with E-state index in [2.05, 4.69) is 34.6 Å². The maximum Gasteiger partial charge on any atom is 0.156 e. The van der Waals surface area contributed by atoms with Crippen LogP contribution in [0.2, 0.25) is 0 Å². The molecule has 94 valence electrons. The van der Waals surface area contributed by atoms with Crippen LogP contribution in [0.1, 0.15) is 32.6 Å². The van der Waals surface area contributed by atoms with Crippen molar-refractivity contribution >= 4 is 16.6 Å². The van der Waals surface area contributed by atoms with E-state index in [4.69, 9.17) is 0 Å². The molecule has 1 aromatic carbocycles. The fraction of sp³-hybridized carbons (Fsp3) is 0.467. The lowest BCUT2D eigenvalue weighted by molar-refractivity contribution is 0.361. The Morgan fingerprint density at radius 2 is 2.00 bits per heavy atom. The van der Waals surface area contributed by atoms with E-state index >= 15 is 0 Å². The summed E-state index contributed by atoms with van der Waals surface area (Å²) in [4.78, 5) is 0. The van der Waals surface area contributed by atoms with Gasteiger partial charge in [0.1, 0.15) is 0 Å². The number of rotatable bonds is 3. The summed E-state index contributed by atoms with van der Waals surface area (Å²) in [5.41, 5.74) is 0.429. The largest absolute Gasteiger partial charge is 0.368 e. The summed E-state index contributed by atoms with van der Waals surface area (Å²) in [6.07, 6.45) is 7.17. The van der Waals surface area contributed by atoms with E-state index in [9.17, 15) is 0 Å². The maximum absolute atomic E-state index is 4.24. The maximum atomic E-state index is 4.24.